The molecule has 0 bridgehead atoms. The summed E-state index contributed by atoms with van der Waals surface area (Å²) in [5, 5.41) is 6.95. The van der Waals surface area contributed by atoms with Gasteiger partial charge >= 0.3 is 0 Å². The van der Waals surface area contributed by atoms with Gasteiger partial charge in [0, 0.05) is 11.1 Å². The van der Waals surface area contributed by atoms with Crippen LogP contribution in [0.5, 0.6) is 0 Å². The fraction of sp³-hybridized carbons (Fsp3) is 0.250. The van der Waals surface area contributed by atoms with Crippen LogP contribution in [0.3, 0.4) is 0 Å². The van der Waals surface area contributed by atoms with Crippen LogP contribution in [-0.2, 0) is 16.0 Å². The number of amides is 1. The minimum Gasteiger partial charge on any atom is -0.376 e. The Bertz CT molecular complexity index is 1160. The van der Waals surface area contributed by atoms with Gasteiger partial charge < -0.3 is 14.8 Å². The molecule has 0 radical (unpaired) electrons. The first-order chi connectivity index (χ1) is 15.5. The molecule has 3 aromatic rings. The standard InChI is InChI=1S/C24H21ClFN3O3/c1-16-11-18(8-7-17-5-3-2-4-6-17)12-21(26)22(16)28-24(30)23-20(25)13-27-29(23)14-19-15-31-9-10-32-19/h2-6,11-13,19H,9-10,14-15H2,1H3,(H,28,30). The first-order valence-corrected chi connectivity index (χ1v) is 10.5. The van der Waals surface area contributed by atoms with E-state index in [2.05, 4.69) is 22.3 Å². The van der Waals surface area contributed by atoms with Gasteiger partial charge in [0.15, 0.2) is 0 Å². The summed E-state index contributed by atoms with van der Waals surface area (Å²) in [5.41, 5.74) is 2.09. The van der Waals surface area contributed by atoms with Crippen LogP contribution < -0.4 is 5.32 Å². The topological polar surface area (TPSA) is 65.4 Å². The quantitative estimate of drug-likeness (QED) is 0.605. The number of aromatic nitrogens is 2. The number of benzene rings is 2. The third-order valence-electron chi connectivity index (χ3n) is 4.92. The molecule has 1 aromatic heterocycles. The Morgan fingerprint density at radius 2 is 2.03 bits per heavy atom. The first-order valence-electron chi connectivity index (χ1n) is 10.1. The summed E-state index contributed by atoms with van der Waals surface area (Å²) in [4.78, 5) is 12.9. The lowest BCUT2D eigenvalue weighted by Crippen LogP contribution is -2.34. The molecule has 1 aliphatic heterocycles. The van der Waals surface area contributed by atoms with E-state index in [1.807, 2.05) is 30.3 Å². The third kappa shape index (κ3) is 5.17. The molecule has 4 rings (SSSR count). The molecule has 2 heterocycles. The monoisotopic (exact) mass is 453 g/mol. The van der Waals surface area contributed by atoms with Crippen molar-refractivity contribution in [2.45, 2.75) is 19.6 Å². The Kier molecular flexibility index (Phi) is 6.86. The van der Waals surface area contributed by atoms with Crippen LogP contribution in [0, 0.1) is 24.6 Å². The molecule has 1 atom stereocenters. The Balaban J connectivity index is 1.53. The molecule has 1 N–H and O–H groups in total. The van der Waals surface area contributed by atoms with Crippen LogP contribution in [0.25, 0.3) is 0 Å². The van der Waals surface area contributed by atoms with Crippen molar-refractivity contribution in [2.24, 2.45) is 0 Å². The van der Waals surface area contributed by atoms with Crippen molar-refractivity contribution in [3.05, 3.63) is 81.9 Å². The molecular weight excluding hydrogens is 433 g/mol. The molecule has 6 nitrogen and oxygen atoms in total. The summed E-state index contributed by atoms with van der Waals surface area (Å²) in [6.45, 7) is 3.42. The maximum absolute atomic E-state index is 14.8. The van der Waals surface area contributed by atoms with Crippen molar-refractivity contribution >= 4 is 23.2 Å². The zero-order valence-corrected chi connectivity index (χ0v) is 18.2. The molecule has 164 valence electrons. The molecular formula is C24H21ClFN3O3. The highest BCUT2D eigenvalue weighted by Crippen LogP contribution is 2.24. The zero-order chi connectivity index (χ0) is 22.5. The Morgan fingerprint density at radius 1 is 1.25 bits per heavy atom. The van der Waals surface area contributed by atoms with Crippen molar-refractivity contribution in [3.8, 4) is 11.8 Å². The number of ether oxygens (including phenoxy) is 2. The van der Waals surface area contributed by atoms with Crippen LogP contribution in [0.1, 0.15) is 27.2 Å². The molecule has 1 amide bonds. The van der Waals surface area contributed by atoms with Crippen LogP contribution in [0.4, 0.5) is 10.1 Å². The van der Waals surface area contributed by atoms with Gasteiger partial charge in [-0.15, -0.1) is 0 Å². The summed E-state index contributed by atoms with van der Waals surface area (Å²) in [6, 6.07) is 12.5. The van der Waals surface area contributed by atoms with Gasteiger partial charge in [0.05, 0.1) is 43.3 Å². The molecule has 1 unspecified atom stereocenters. The van der Waals surface area contributed by atoms with E-state index in [-0.39, 0.29) is 22.5 Å². The third-order valence-corrected chi connectivity index (χ3v) is 5.20. The maximum Gasteiger partial charge on any atom is 0.275 e. The van der Waals surface area contributed by atoms with Gasteiger partial charge in [0.25, 0.3) is 5.91 Å². The highest BCUT2D eigenvalue weighted by molar-refractivity contribution is 6.34. The fourth-order valence-corrected chi connectivity index (χ4v) is 3.60. The number of aryl methyl sites for hydroxylation is 1. The second kappa shape index (κ2) is 9.96. The lowest BCUT2D eigenvalue weighted by molar-refractivity contribution is -0.0947. The molecule has 0 aliphatic carbocycles. The summed E-state index contributed by atoms with van der Waals surface area (Å²) in [5.74, 6) is 4.80. The predicted octanol–water partition coefficient (Wildman–Crippen LogP) is 4.05. The number of hydrogen-bond acceptors (Lipinski definition) is 4. The van der Waals surface area contributed by atoms with E-state index in [1.165, 1.54) is 16.9 Å². The number of carbonyl (C=O) groups excluding carboxylic acids is 1. The highest BCUT2D eigenvalue weighted by atomic mass is 35.5. The maximum atomic E-state index is 14.8. The molecule has 8 heteroatoms. The van der Waals surface area contributed by atoms with Crippen LogP contribution in [0.15, 0.2) is 48.7 Å². The molecule has 1 fully saturated rings. The molecule has 1 saturated heterocycles. The Morgan fingerprint density at radius 3 is 2.75 bits per heavy atom. The SMILES string of the molecule is Cc1cc(C#Cc2ccccc2)cc(F)c1NC(=O)c1c(Cl)cnn1CC1COCCO1. The Labute approximate surface area is 190 Å². The van der Waals surface area contributed by atoms with E-state index < -0.39 is 11.7 Å². The van der Waals surface area contributed by atoms with Gasteiger partial charge in [0.1, 0.15) is 17.6 Å². The summed E-state index contributed by atoms with van der Waals surface area (Å²) in [6.07, 6.45) is 1.14. The second-order valence-electron chi connectivity index (χ2n) is 7.31. The lowest BCUT2D eigenvalue weighted by Gasteiger charge is -2.23. The van der Waals surface area contributed by atoms with Crippen molar-refractivity contribution in [1.29, 1.82) is 0 Å². The Hall–Kier alpha value is -3.18. The van der Waals surface area contributed by atoms with Crippen molar-refractivity contribution in [1.82, 2.24) is 9.78 Å². The fourth-order valence-electron chi connectivity index (χ4n) is 3.37. The lowest BCUT2D eigenvalue weighted by atomic mass is 10.1. The molecule has 2 aromatic carbocycles. The first kappa shape index (κ1) is 22.0. The van der Waals surface area contributed by atoms with Crippen molar-refractivity contribution in [3.63, 3.8) is 0 Å². The number of halogens is 2. The van der Waals surface area contributed by atoms with Crippen LogP contribution in [-0.4, -0.2) is 41.6 Å². The number of anilines is 1. The van der Waals surface area contributed by atoms with Gasteiger partial charge in [0.2, 0.25) is 0 Å². The summed E-state index contributed by atoms with van der Waals surface area (Å²) in [7, 11) is 0. The van der Waals surface area contributed by atoms with Crippen molar-refractivity contribution in [2.75, 3.05) is 25.1 Å². The molecule has 32 heavy (non-hydrogen) atoms. The average molecular weight is 454 g/mol. The molecule has 0 saturated carbocycles. The summed E-state index contributed by atoms with van der Waals surface area (Å²) >= 11 is 6.20. The van der Waals surface area contributed by atoms with Crippen molar-refractivity contribution < 1.29 is 18.7 Å². The number of carbonyl (C=O) groups is 1. The largest absolute Gasteiger partial charge is 0.376 e. The highest BCUT2D eigenvalue weighted by Gasteiger charge is 2.23. The van der Waals surface area contributed by atoms with Crippen LogP contribution in [0.2, 0.25) is 5.02 Å². The molecule has 0 spiro atoms. The number of nitrogens with zero attached hydrogens (tertiary/aromatic N) is 2. The van der Waals surface area contributed by atoms with E-state index in [4.69, 9.17) is 21.1 Å². The van der Waals surface area contributed by atoms with Gasteiger partial charge in [-0.25, -0.2) is 4.39 Å². The van der Waals surface area contributed by atoms with E-state index in [1.54, 1.807) is 13.0 Å². The van der Waals surface area contributed by atoms with Gasteiger partial charge in [-0.1, -0.05) is 41.6 Å². The average Bonchev–Trinajstić information content (AvgIpc) is 3.16. The van der Waals surface area contributed by atoms with E-state index in [0.29, 0.717) is 37.5 Å². The molecule has 1 aliphatic rings. The smallest absolute Gasteiger partial charge is 0.275 e. The normalized spacial score (nSPS) is 15.7. The predicted molar refractivity (Wildman–Crippen MR) is 119 cm³/mol. The van der Waals surface area contributed by atoms with E-state index >= 15 is 0 Å². The second-order valence-corrected chi connectivity index (χ2v) is 7.72. The number of rotatable bonds is 4. The minimum atomic E-state index is -0.582. The van der Waals surface area contributed by atoms with Gasteiger partial charge in [-0.2, -0.15) is 5.10 Å². The van der Waals surface area contributed by atoms with Crippen LogP contribution >= 0.6 is 11.6 Å². The number of hydrogen-bond donors (Lipinski definition) is 1. The number of nitrogens with one attached hydrogen (secondary N) is 1. The minimum absolute atomic E-state index is 0.0707. The van der Waals surface area contributed by atoms with Gasteiger partial charge in [-0.3, -0.25) is 9.48 Å². The van der Waals surface area contributed by atoms with E-state index in [9.17, 15) is 9.18 Å². The summed E-state index contributed by atoms with van der Waals surface area (Å²) < 4.78 is 27.3. The zero-order valence-electron chi connectivity index (χ0n) is 17.4. The van der Waals surface area contributed by atoms with Gasteiger partial charge in [-0.05, 0) is 36.8 Å². The van der Waals surface area contributed by atoms with E-state index in [0.717, 1.165) is 5.56 Å².